The molecule has 0 bridgehead atoms. The Morgan fingerprint density at radius 1 is 1.03 bits per heavy atom. The molecule has 2 aromatic rings. The Morgan fingerprint density at radius 2 is 1.81 bits per heavy atom. The van der Waals surface area contributed by atoms with E-state index in [0.29, 0.717) is 25.2 Å². The van der Waals surface area contributed by atoms with Crippen molar-refractivity contribution in [3.8, 4) is 0 Å². The second-order valence-corrected chi connectivity index (χ2v) is 7.88. The number of guanidine groups is 1. The third kappa shape index (κ3) is 5.05. The molecule has 0 aliphatic carbocycles. The first kappa shape index (κ1) is 20.9. The molecule has 0 unspecified atom stereocenters. The highest BCUT2D eigenvalue weighted by Gasteiger charge is 2.22. The lowest BCUT2D eigenvalue weighted by atomic mass is 10.0. The van der Waals surface area contributed by atoms with Crippen molar-refractivity contribution in [2.45, 2.75) is 26.4 Å². The van der Waals surface area contributed by atoms with E-state index >= 15 is 0 Å². The monoisotopic (exact) mass is 419 g/mol. The molecule has 1 fully saturated rings. The molecule has 7 nitrogen and oxygen atoms in total. The van der Waals surface area contributed by atoms with Gasteiger partial charge in [-0.05, 0) is 42.2 Å². The molecule has 0 radical (unpaired) electrons. The van der Waals surface area contributed by atoms with Crippen molar-refractivity contribution in [1.29, 1.82) is 0 Å². The van der Waals surface area contributed by atoms with E-state index in [2.05, 4.69) is 46.7 Å². The van der Waals surface area contributed by atoms with E-state index < -0.39 is 0 Å². The van der Waals surface area contributed by atoms with Gasteiger partial charge in [0.2, 0.25) is 5.91 Å². The van der Waals surface area contributed by atoms with Crippen molar-refractivity contribution >= 4 is 17.8 Å². The van der Waals surface area contributed by atoms with Crippen molar-refractivity contribution in [2.24, 2.45) is 4.99 Å². The van der Waals surface area contributed by atoms with Crippen LogP contribution in [0.3, 0.4) is 0 Å². The number of amides is 2. The van der Waals surface area contributed by atoms with Crippen molar-refractivity contribution < 1.29 is 9.59 Å². The number of aliphatic imine (C=N–C) groups is 1. The molecule has 0 aromatic heterocycles. The average molecular weight is 420 g/mol. The molecule has 2 heterocycles. The highest BCUT2D eigenvalue weighted by Crippen LogP contribution is 2.19. The summed E-state index contributed by atoms with van der Waals surface area (Å²) >= 11 is 0. The summed E-state index contributed by atoms with van der Waals surface area (Å²) in [6.07, 6.45) is 1.02. The van der Waals surface area contributed by atoms with Gasteiger partial charge in [0.1, 0.15) is 0 Å². The summed E-state index contributed by atoms with van der Waals surface area (Å²) in [5.74, 6) is 0.698. The van der Waals surface area contributed by atoms with E-state index in [0.717, 1.165) is 37.6 Å². The van der Waals surface area contributed by atoms with Gasteiger partial charge in [-0.2, -0.15) is 0 Å². The summed E-state index contributed by atoms with van der Waals surface area (Å²) in [5.41, 5.74) is 4.41. The zero-order valence-corrected chi connectivity index (χ0v) is 17.9. The Bertz CT molecular complexity index is 970. The van der Waals surface area contributed by atoms with Crippen LogP contribution in [0, 0.1) is 0 Å². The maximum Gasteiger partial charge on any atom is 0.254 e. The topological polar surface area (TPSA) is 77.0 Å². The molecule has 31 heavy (non-hydrogen) atoms. The second kappa shape index (κ2) is 9.64. The molecule has 2 aliphatic heterocycles. The molecule has 2 N–H and O–H groups in total. The van der Waals surface area contributed by atoms with Crippen LogP contribution in [0.15, 0.2) is 53.5 Å². The molecular formula is C24H29N5O2. The normalized spacial score (nSPS) is 16.5. The van der Waals surface area contributed by atoms with Gasteiger partial charge in [-0.1, -0.05) is 36.4 Å². The predicted octanol–water partition coefficient (Wildman–Crippen LogP) is 1.78. The zero-order valence-electron chi connectivity index (χ0n) is 17.9. The van der Waals surface area contributed by atoms with E-state index in [1.807, 2.05) is 24.3 Å². The smallest absolute Gasteiger partial charge is 0.254 e. The maximum absolute atomic E-state index is 12.6. The number of hydrogen-bond donors (Lipinski definition) is 2. The van der Waals surface area contributed by atoms with E-state index in [-0.39, 0.29) is 18.4 Å². The van der Waals surface area contributed by atoms with Crippen LogP contribution in [0.25, 0.3) is 0 Å². The van der Waals surface area contributed by atoms with Crippen LogP contribution >= 0.6 is 0 Å². The van der Waals surface area contributed by atoms with E-state index in [4.69, 9.17) is 4.99 Å². The Kier molecular flexibility index (Phi) is 6.50. The van der Waals surface area contributed by atoms with Gasteiger partial charge in [0, 0.05) is 38.3 Å². The van der Waals surface area contributed by atoms with Gasteiger partial charge in [0.05, 0.1) is 13.1 Å². The van der Waals surface area contributed by atoms with Crippen LogP contribution in [0.1, 0.15) is 34.0 Å². The summed E-state index contributed by atoms with van der Waals surface area (Å²) in [5, 5.41) is 6.15. The van der Waals surface area contributed by atoms with E-state index in [9.17, 15) is 9.59 Å². The van der Waals surface area contributed by atoms with Crippen molar-refractivity contribution in [2.75, 3.05) is 32.7 Å². The SMILES string of the molecule is CCNC(=NCc1ccc(C(=O)N2CCNC(=O)C2)cc1)N1CCc2ccccc2C1. The highest BCUT2D eigenvalue weighted by atomic mass is 16.2. The number of nitrogens with zero attached hydrogens (tertiary/aromatic N) is 3. The third-order valence-corrected chi connectivity index (χ3v) is 5.70. The highest BCUT2D eigenvalue weighted by molar-refractivity contribution is 5.97. The lowest BCUT2D eigenvalue weighted by Crippen LogP contribution is -2.49. The fourth-order valence-electron chi connectivity index (χ4n) is 4.02. The van der Waals surface area contributed by atoms with Gasteiger partial charge in [-0.25, -0.2) is 4.99 Å². The summed E-state index contributed by atoms with van der Waals surface area (Å²) < 4.78 is 0. The van der Waals surface area contributed by atoms with Gasteiger partial charge in [-0.3, -0.25) is 9.59 Å². The number of carbonyl (C=O) groups excluding carboxylic acids is 2. The van der Waals surface area contributed by atoms with Crippen LogP contribution in [-0.2, 0) is 24.3 Å². The van der Waals surface area contributed by atoms with E-state index in [1.54, 1.807) is 4.90 Å². The molecule has 0 atom stereocenters. The molecule has 2 aromatic carbocycles. The minimum absolute atomic E-state index is 0.106. The van der Waals surface area contributed by atoms with Gasteiger partial charge in [-0.15, -0.1) is 0 Å². The Hall–Kier alpha value is -3.35. The third-order valence-electron chi connectivity index (χ3n) is 5.70. The minimum atomic E-state index is -0.109. The fourth-order valence-corrected chi connectivity index (χ4v) is 4.02. The summed E-state index contributed by atoms with van der Waals surface area (Å²) in [6.45, 7) is 6.41. The first-order chi connectivity index (χ1) is 15.1. The Balaban J connectivity index is 1.41. The molecule has 1 saturated heterocycles. The first-order valence-electron chi connectivity index (χ1n) is 10.9. The van der Waals surface area contributed by atoms with Gasteiger partial charge >= 0.3 is 0 Å². The standard InChI is InChI=1S/C24H29N5O2/c1-2-25-24(29-13-11-19-5-3-4-6-21(19)16-29)27-15-18-7-9-20(10-8-18)23(31)28-14-12-26-22(30)17-28/h3-10H,2,11-17H2,1H3,(H,25,27)(H,26,30). The molecule has 162 valence electrons. The number of hydrogen-bond acceptors (Lipinski definition) is 3. The van der Waals surface area contributed by atoms with Crippen LogP contribution in [0.4, 0.5) is 0 Å². The van der Waals surface area contributed by atoms with Gasteiger partial charge in [0.25, 0.3) is 5.91 Å². The average Bonchev–Trinajstić information content (AvgIpc) is 2.81. The number of rotatable bonds is 4. The Labute approximate surface area is 183 Å². The minimum Gasteiger partial charge on any atom is -0.356 e. The number of carbonyl (C=O) groups is 2. The molecular weight excluding hydrogens is 390 g/mol. The van der Waals surface area contributed by atoms with Crippen molar-refractivity contribution in [3.05, 3.63) is 70.8 Å². The van der Waals surface area contributed by atoms with Crippen molar-refractivity contribution in [1.82, 2.24) is 20.4 Å². The van der Waals surface area contributed by atoms with Crippen LogP contribution < -0.4 is 10.6 Å². The van der Waals surface area contributed by atoms with Crippen LogP contribution in [-0.4, -0.2) is 60.3 Å². The number of benzene rings is 2. The molecule has 7 heteroatoms. The number of piperazine rings is 1. The fraction of sp³-hybridized carbons (Fsp3) is 0.375. The maximum atomic E-state index is 12.6. The first-order valence-corrected chi connectivity index (χ1v) is 10.9. The number of nitrogens with one attached hydrogen (secondary N) is 2. The second-order valence-electron chi connectivity index (χ2n) is 7.88. The van der Waals surface area contributed by atoms with Gasteiger partial charge < -0.3 is 20.4 Å². The lowest BCUT2D eigenvalue weighted by Gasteiger charge is -2.31. The summed E-state index contributed by atoms with van der Waals surface area (Å²) in [6, 6.07) is 16.1. The molecule has 0 saturated carbocycles. The molecule has 4 rings (SSSR count). The molecule has 0 spiro atoms. The van der Waals surface area contributed by atoms with E-state index in [1.165, 1.54) is 11.1 Å². The van der Waals surface area contributed by atoms with Crippen LogP contribution in [0.2, 0.25) is 0 Å². The predicted molar refractivity (Wildman–Crippen MR) is 121 cm³/mol. The molecule has 2 amide bonds. The lowest BCUT2D eigenvalue weighted by molar-refractivity contribution is -0.123. The largest absolute Gasteiger partial charge is 0.356 e. The zero-order chi connectivity index (χ0) is 21.6. The summed E-state index contributed by atoms with van der Waals surface area (Å²) in [7, 11) is 0. The quantitative estimate of drug-likeness (QED) is 0.585. The van der Waals surface area contributed by atoms with Gasteiger partial charge in [0.15, 0.2) is 5.96 Å². The molecule has 2 aliphatic rings. The van der Waals surface area contributed by atoms with Crippen LogP contribution in [0.5, 0.6) is 0 Å². The number of fused-ring (bicyclic) bond motifs is 1. The summed E-state index contributed by atoms with van der Waals surface area (Å²) in [4.78, 5) is 32.9. The Morgan fingerprint density at radius 3 is 2.55 bits per heavy atom. The van der Waals surface area contributed by atoms with Crippen molar-refractivity contribution in [3.63, 3.8) is 0 Å².